The smallest absolute Gasteiger partial charge is 0.416 e. The minimum Gasteiger partial charge on any atom is -0.482 e. The molecule has 0 spiro atoms. The van der Waals surface area contributed by atoms with Crippen molar-refractivity contribution in [2.75, 3.05) is 11.9 Å². The van der Waals surface area contributed by atoms with Crippen LogP contribution in [0.25, 0.3) is 22.3 Å². The molecule has 0 saturated heterocycles. The van der Waals surface area contributed by atoms with E-state index in [1.165, 1.54) is 54.7 Å². The molecule has 13 heteroatoms. The first-order valence-electron chi connectivity index (χ1n) is 12.4. The summed E-state index contributed by atoms with van der Waals surface area (Å²) < 4.78 is 61.3. The Hall–Kier alpha value is -4.55. The topological polar surface area (TPSA) is 85.6 Å². The van der Waals surface area contributed by atoms with Crippen molar-refractivity contribution in [3.05, 3.63) is 122 Å². The summed E-state index contributed by atoms with van der Waals surface area (Å²) in [5.41, 5.74) is -1.11. The van der Waals surface area contributed by atoms with E-state index in [4.69, 9.17) is 16.3 Å². The summed E-state index contributed by atoms with van der Waals surface area (Å²) in [6, 6.07) is 19.3. The fourth-order valence-electron chi connectivity index (χ4n) is 4.09. The van der Waals surface area contributed by atoms with Crippen molar-refractivity contribution >= 4 is 56.2 Å². The van der Waals surface area contributed by atoms with Gasteiger partial charge in [0.1, 0.15) is 11.6 Å². The molecule has 0 saturated carbocycles. The third-order valence-electron chi connectivity index (χ3n) is 6.05. The van der Waals surface area contributed by atoms with Gasteiger partial charge in [-0.25, -0.2) is 9.37 Å². The highest BCUT2D eigenvalue weighted by Gasteiger charge is 2.31. The highest BCUT2D eigenvalue weighted by Crippen LogP contribution is 2.33. The number of hydrogen-bond acceptors (Lipinski definition) is 5. The van der Waals surface area contributed by atoms with Crippen LogP contribution in [-0.2, 0) is 11.0 Å². The Bertz CT molecular complexity index is 1950. The van der Waals surface area contributed by atoms with Crippen LogP contribution in [0.1, 0.15) is 11.1 Å². The molecule has 1 N–H and O–H groups in total. The molecule has 1 aromatic heterocycles. The van der Waals surface area contributed by atoms with Gasteiger partial charge in [0.15, 0.2) is 12.4 Å². The molecule has 0 atom stereocenters. The molecule has 0 fully saturated rings. The van der Waals surface area contributed by atoms with Crippen LogP contribution in [0.15, 0.2) is 99.3 Å². The van der Waals surface area contributed by atoms with E-state index >= 15 is 0 Å². The number of amides is 1. The van der Waals surface area contributed by atoms with Crippen LogP contribution in [0.5, 0.6) is 5.75 Å². The van der Waals surface area contributed by atoms with Crippen molar-refractivity contribution in [2.24, 2.45) is 5.10 Å². The number of ether oxygens (including phenoxy) is 1. The van der Waals surface area contributed by atoms with Crippen LogP contribution in [0.4, 0.5) is 23.2 Å². The van der Waals surface area contributed by atoms with Crippen molar-refractivity contribution in [1.29, 1.82) is 0 Å². The van der Waals surface area contributed by atoms with E-state index in [0.717, 1.165) is 16.8 Å². The quantitative estimate of drug-likeness (QED) is 0.143. The van der Waals surface area contributed by atoms with Crippen molar-refractivity contribution in [3.8, 4) is 17.1 Å². The Morgan fingerprint density at radius 1 is 1.05 bits per heavy atom. The minimum absolute atomic E-state index is 0.00314. The third kappa shape index (κ3) is 6.76. The van der Waals surface area contributed by atoms with E-state index < -0.39 is 35.6 Å². The molecule has 218 valence electrons. The molecular formula is C30H18BrClF4N4O3. The normalized spacial score (nSPS) is 11.7. The first-order chi connectivity index (χ1) is 20.5. The second-order valence-electron chi connectivity index (χ2n) is 9.02. The van der Waals surface area contributed by atoms with E-state index in [-0.39, 0.29) is 44.3 Å². The third-order valence-corrected chi connectivity index (χ3v) is 6.85. The van der Waals surface area contributed by atoms with E-state index in [0.29, 0.717) is 4.47 Å². The lowest BCUT2D eigenvalue weighted by Gasteiger charge is -2.13. The first kappa shape index (κ1) is 29.9. The fourth-order valence-corrected chi connectivity index (χ4v) is 5.04. The number of anilines is 1. The number of hydrogen-bond donors (Lipinski definition) is 1. The van der Waals surface area contributed by atoms with Crippen LogP contribution < -0.4 is 15.6 Å². The van der Waals surface area contributed by atoms with Gasteiger partial charge in [-0.3, -0.25) is 9.59 Å². The van der Waals surface area contributed by atoms with Crippen molar-refractivity contribution < 1.29 is 27.1 Å². The Kier molecular flexibility index (Phi) is 8.60. The molecule has 0 aliphatic carbocycles. The van der Waals surface area contributed by atoms with Gasteiger partial charge in [-0.05, 0) is 64.5 Å². The molecule has 1 amide bonds. The Morgan fingerprint density at radius 3 is 2.56 bits per heavy atom. The highest BCUT2D eigenvalue weighted by molar-refractivity contribution is 9.10. The largest absolute Gasteiger partial charge is 0.482 e. The maximum atomic E-state index is 13.9. The van der Waals surface area contributed by atoms with Gasteiger partial charge in [0.25, 0.3) is 11.5 Å². The predicted octanol–water partition coefficient (Wildman–Crippen LogP) is 7.54. The van der Waals surface area contributed by atoms with E-state index in [1.54, 1.807) is 24.3 Å². The SMILES string of the molecule is O=C(COc1c(Br)cc(Cl)cc1C=Nn1c(-c2cccc(C(F)(F)F)c2)nc2ccccc2c1=O)Nc1ccccc1F. The zero-order valence-electron chi connectivity index (χ0n) is 21.7. The van der Waals surface area contributed by atoms with Gasteiger partial charge in [-0.15, -0.1) is 0 Å². The average molecular weight is 674 g/mol. The van der Waals surface area contributed by atoms with Crippen LogP contribution >= 0.6 is 27.5 Å². The second-order valence-corrected chi connectivity index (χ2v) is 10.3. The maximum Gasteiger partial charge on any atom is 0.416 e. The molecule has 1 heterocycles. The van der Waals surface area contributed by atoms with Crippen molar-refractivity contribution in [3.63, 3.8) is 0 Å². The number of fused-ring (bicyclic) bond motifs is 1. The number of halogens is 6. The summed E-state index contributed by atoms with van der Waals surface area (Å²) in [6.07, 6.45) is -3.42. The number of nitrogens with zero attached hydrogens (tertiary/aromatic N) is 3. The van der Waals surface area contributed by atoms with Crippen LogP contribution in [0.2, 0.25) is 5.02 Å². The van der Waals surface area contributed by atoms with E-state index in [2.05, 4.69) is 31.3 Å². The molecular weight excluding hydrogens is 656 g/mol. The highest BCUT2D eigenvalue weighted by atomic mass is 79.9. The molecule has 5 rings (SSSR count). The summed E-state index contributed by atoms with van der Waals surface area (Å²) in [7, 11) is 0. The molecule has 0 aliphatic heterocycles. The number of carbonyl (C=O) groups excluding carboxylic acids is 1. The van der Waals surface area contributed by atoms with Gasteiger partial charge in [0, 0.05) is 16.1 Å². The molecule has 5 aromatic rings. The average Bonchev–Trinajstić information content (AvgIpc) is 2.97. The van der Waals surface area contributed by atoms with Gasteiger partial charge in [0.2, 0.25) is 0 Å². The van der Waals surface area contributed by atoms with Crippen LogP contribution in [0.3, 0.4) is 0 Å². The lowest BCUT2D eigenvalue weighted by molar-refractivity contribution is -0.137. The minimum atomic E-state index is -4.63. The summed E-state index contributed by atoms with van der Waals surface area (Å²) in [4.78, 5) is 30.4. The van der Waals surface area contributed by atoms with Crippen LogP contribution in [-0.4, -0.2) is 28.4 Å². The summed E-state index contributed by atoms with van der Waals surface area (Å²) >= 11 is 9.56. The van der Waals surface area contributed by atoms with Crippen LogP contribution in [0, 0.1) is 5.82 Å². The number of nitrogens with one attached hydrogen (secondary N) is 1. The maximum absolute atomic E-state index is 13.9. The van der Waals surface area contributed by atoms with Crippen molar-refractivity contribution in [1.82, 2.24) is 9.66 Å². The fraction of sp³-hybridized carbons (Fsp3) is 0.0667. The Morgan fingerprint density at radius 2 is 1.79 bits per heavy atom. The molecule has 0 radical (unpaired) electrons. The molecule has 4 aromatic carbocycles. The first-order valence-corrected chi connectivity index (χ1v) is 13.6. The summed E-state index contributed by atoms with van der Waals surface area (Å²) in [5, 5.41) is 7.11. The molecule has 0 aliphatic rings. The number of carbonyl (C=O) groups is 1. The van der Waals surface area contributed by atoms with Gasteiger partial charge >= 0.3 is 6.18 Å². The predicted molar refractivity (Wildman–Crippen MR) is 159 cm³/mol. The number of rotatable bonds is 7. The monoisotopic (exact) mass is 672 g/mol. The van der Waals surface area contributed by atoms with E-state index in [1.807, 2.05) is 0 Å². The van der Waals surface area contributed by atoms with E-state index in [9.17, 15) is 27.2 Å². The zero-order chi connectivity index (χ0) is 30.7. The lowest BCUT2D eigenvalue weighted by Crippen LogP contribution is -2.22. The Labute approximate surface area is 254 Å². The molecule has 7 nitrogen and oxygen atoms in total. The lowest BCUT2D eigenvalue weighted by atomic mass is 10.1. The molecule has 43 heavy (non-hydrogen) atoms. The Balaban J connectivity index is 1.54. The number of aromatic nitrogens is 2. The molecule has 0 bridgehead atoms. The number of alkyl halides is 3. The standard InChI is InChI=1S/C30H18BrClF4N4O3/c31-22-14-20(32)13-18(27(22)43-16-26(41)38-25-11-4-2-9-23(25)33)15-37-40-28(17-6-5-7-19(12-17)30(34,35)36)39-24-10-3-1-8-21(24)29(40)42/h1-15H,16H2,(H,38,41). The molecule has 0 unspecified atom stereocenters. The van der Waals surface area contributed by atoms with Crippen molar-refractivity contribution in [2.45, 2.75) is 6.18 Å². The van der Waals surface area contributed by atoms with Gasteiger partial charge in [-0.2, -0.15) is 22.9 Å². The summed E-state index contributed by atoms with van der Waals surface area (Å²) in [5.74, 6) is -1.31. The second kappa shape index (κ2) is 12.4. The van der Waals surface area contributed by atoms with Gasteiger partial charge in [-0.1, -0.05) is 48.0 Å². The number of para-hydroxylation sites is 2. The van der Waals surface area contributed by atoms with Gasteiger partial charge < -0.3 is 10.1 Å². The zero-order valence-corrected chi connectivity index (χ0v) is 24.0. The summed E-state index contributed by atoms with van der Waals surface area (Å²) in [6.45, 7) is -0.525. The number of benzene rings is 4. The van der Waals surface area contributed by atoms with Gasteiger partial charge in [0.05, 0.1) is 32.8 Å².